The second-order valence-electron chi connectivity index (χ2n) is 7.17. The standard InChI is InChI=1S/C21H18F6N2O3S/c22-20(23,24)16-6-8-17(9-7-16)33(31,32)29-12-10-28(11-13-29)19(30)14-18(21(25,26)27)15-4-2-1-3-5-15/h1-9,14H,10-13H2/b18-14+. The number of nitrogens with zero attached hydrogens (tertiary/aromatic N) is 2. The molecule has 0 N–H and O–H groups in total. The lowest BCUT2D eigenvalue weighted by Crippen LogP contribution is -2.50. The molecule has 33 heavy (non-hydrogen) atoms. The molecule has 178 valence electrons. The van der Waals surface area contributed by atoms with Crippen molar-refractivity contribution in [2.24, 2.45) is 0 Å². The highest BCUT2D eigenvalue weighted by Crippen LogP contribution is 2.34. The first-order valence-corrected chi connectivity index (χ1v) is 11.0. The van der Waals surface area contributed by atoms with Gasteiger partial charge in [-0.2, -0.15) is 30.6 Å². The molecule has 12 heteroatoms. The second kappa shape index (κ2) is 9.18. The normalized spacial score (nSPS) is 16.7. The van der Waals surface area contributed by atoms with Crippen LogP contribution in [0.2, 0.25) is 0 Å². The van der Waals surface area contributed by atoms with Crippen molar-refractivity contribution in [2.45, 2.75) is 17.2 Å². The predicted molar refractivity (Wildman–Crippen MR) is 107 cm³/mol. The van der Waals surface area contributed by atoms with Gasteiger partial charge in [-0.3, -0.25) is 4.79 Å². The molecular formula is C21H18F6N2O3S. The van der Waals surface area contributed by atoms with Crippen LogP contribution in [0.15, 0.2) is 65.6 Å². The maximum absolute atomic E-state index is 13.4. The molecule has 0 aliphatic carbocycles. The summed E-state index contributed by atoms with van der Waals surface area (Å²) < 4.78 is 105. The number of sulfonamides is 1. The van der Waals surface area contributed by atoms with Crippen LogP contribution in [0.5, 0.6) is 0 Å². The fraction of sp³-hybridized carbons (Fsp3) is 0.286. The van der Waals surface area contributed by atoms with E-state index in [1.165, 1.54) is 30.3 Å². The number of rotatable bonds is 4. The van der Waals surface area contributed by atoms with Crippen molar-refractivity contribution in [3.8, 4) is 0 Å². The highest BCUT2D eigenvalue weighted by Gasteiger charge is 2.37. The summed E-state index contributed by atoms with van der Waals surface area (Å²) in [5.41, 5.74) is -2.29. The molecule has 1 amide bonds. The summed E-state index contributed by atoms with van der Waals surface area (Å²) in [7, 11) is -4.13. The number of amides is 1. The van der Waals surface area contributed by atoms with Crippen LogP contribution in [0.4, 0.5) is 26.3 Å². The number of carbonyl (C=O) groups excluding carboxylic acids is 1. The Hall–Kier alpha value is -2.86. The molecule has 0 unspecified atom stereocenters. The SMILES string of the molecule is O=C(/C=C(\c1ccccc1)C(F)(F)F)N1CCN(S(=O)(=O)c2ccc(C(F)(F)F)cc2)CC1. The molecule has 5 nitrogen and oxygen atoms in total. The molecule has 0 radical (unpaired) electrons. The van der Waals surface area contributed by atoms with Crippen molar-refractivity contribution in [3.05, 3.63) is 71.8 Å². The first kappa shape index (κ1) is 24.8. The van der Waals surface area contributed by atoms with Gasteiger partial charge in [0.15, 0.2) is 0 Å². The van der Waals surface area contributed by atoms with Crippen molar-refractivity contribution < 1.29 is 39.6 Å². The molecular weight excluding hydrogens is 474 g/mol. The lowest BCUT2D eigenvalue weighted by Gasteiger charge is -2.33. The lowest BCUT2D eigenvalue weighted by molar-refractivity contribution is -0.137. The van der Waals surface area contributed by atoms with Crippen molar-refractivity contribution in [2.75, 3.05) is 26.2 Å². The first-order valence-electron chi connectivity index (χ1n) is 9.61. The smallest absolute Gasteiger partial charge is 0.337 e. The van der Waals surface area contributed by atoms with E-state index < -0.39 is 39.4 Å². The Morgan fingerprint density at radius 1 is 0.818 bits per heavy atom. The van der Waals surface area contributed by atoms with Crippen molar-refractivity contribution in [1.82, 2.24) is 9.21 Å². The van der Waals surface area contributed by atoms with E-state index in [1.54, 1.807) is 0 Å². The molecule has 2 aromatic carbocycles. The minimum Gasteiger partial charge on any atom is -0.337 e. The van der Waals surface area contributed by atoms with Gasteiger partial charge in [0.2, 0.25) is 15.9 Å². The molecule has 0 saturated carbocycles. The highest BCUT2D eigenvalue weighted by atomic mass is 32.2. The van der Waals surface area contributed by atoms with Crippen molar-refractivity contribution >= 4 is 21.5 Å². The van der Waals surface area contributed by atoms with Crippen LogP contribution in [-0.4, -0.2) is 55.9 Å². The van der Waals surface area contributed by atoms with E-state index in [9.17, 15) is 39.6 Å². The van der Waals surface area contributed by atoms with Crippen molar-refractivity contribution in [1.29, 1.82) is 0 Å². The van der Waals surface area contributed by atoms with E-state index in [0.29, 0.717) is 18.2 Å². The number of benzene rings is 2. The van der Waals surface area contributed by atoms with Gasteiger partial charge in [0.1, 0.15) is 0 Å². The largest absolute Gasteiger partial charge is 0.417 e. The third-order valence-corrected chi connectivity index (χ3v) is 6.94. The van der Waals surface area contributed by atoms with Crippen LogP contribution in [0.1, 0.15) is 11.1 Å². The molecule has 1 heterocycles. The number of alkyl halides is 6. The molecule has 1 aliphatic heterocycles. The van der Waals surface area contributed by atoms with Crippen LogP contribution in [0.25, 0.3) is 5.57 Å². The zero-order valence-electron chi connectivity index (χ0n) is 16.9. The van der Waals surface area contributed by atoms with Crippen LogP contribution in [0, 0.1) is 0 Å². The molecule has 0 bridgehead atoms. The zero-order chi connectivity index (χ0) is 24.4. The Morgan fingerprint density at radius 2 is 1.36 bits per heavy atom. The van der Waals surface area contributed by atoms with Gasteiger partial charge in [-0.05, 0) is 29.8 Å². The molecule has 1 fully saturated rings. The topological polar surface area (TPSA) is 57.7 Å². The van der Waals surface area contributed by atoms with Gasteiger partial charge in [0, 0.05) is 32.3 Å². The minimum absolute atomic E-state index is 0.172. The summed E-state index contributed by atoms with van der Waals surface area (Å²) in [5, 5.41) is 0. The number of piperazine rings is 1. The van der Waals surface area contributed by atoms with E-state index in [-0.39, 0.29) is 36.6 Å². The minimum atomic E-state index is -4.77. The van der Waals surface area contributed by atoms with Crippen LogP contribution < -0.4 is 0 Å². The van der Waals surface area contributed by atoms with Gasteiger partial charge < -0.3 is 4.90 Å². The van der Waals surface area contributed by atoms with Gasteiger partial charge in [0.25, 0.3) is 0 Å². The van der Waals surface area contributed by atoms with Gasteiger partial charge >= 0.3 is 12.4 Å². The molecule has 0 aromatic heterocycles. The summed E-state index contributed by atoms with van der Waals surface area (Å²) in [4.78, 5) is 13.2. The summed E-state index contributed by atoms with van der Waals surface area (Å²) in [6.07, 6.45) is -8.91. The summed E-state index contributed by atoms with van der Waals surface area (Å²) in [5.74, 6) is -0.919. The van der Waals surface area contributed by atoms with Gasteiger partial charge in [0.05, 0.1) is 16.0 Å². The Balaban J connectivity index is 1.72. The zero-order valence-corrected chi connectivity index (χ0v) is 17.7. The average molecular weight is 492 g/mol. The predicted octanol–water partition coefficient (Wildman–Crippen LogP) is 4.18. The third-order valence-electron chi connectivity index (χ3n) is 5.03. The summed E-state index contributed by atoms with van der Waals surface area (Å²) in [6.45, 7) is -0.768. The molecule has 0 spiro atoms. The number of carbonyl (C=O) groups is 1. The van der Waals surface area contributed by atoms with E-state index in [2.05, 4.69) is 0 Å². The Bertz CT molecular complexity index is 1120. The number of hydrogen-bond acceptors (Lipinski definition) is 3. The fourth-order valence-electron chi connectivity index (χ4n) is 3.28. The quantitative estimate of drug-likeness (QED) is 0.475. The maximum Gasteiger partial charge on any atom is 0.417 e. The van der Waals surface area contributed by atoms with Crippen LogP contribution in [-0.2, 0) is 21.0 Å². The van der Waals surface area contributed by atoms with E-state index >= 15 is 0 Å². The summed E-state index contributed by atoms with van der Waals surface area (Å²) >= 11 is 0. The second-order valence-corrected chi connectivity index (χ2v) is 9.11. The average Bonchev–Trinajstić information content (AvgIpc) is 2.76. The van der Waals surface area contributed by atoms with E-state index in [1.807, 2.05) is 0 Å². The fourth-order valence-corrected chi connectivity index (χ4v) is 4.70. The van der Waals surface area contributed by atoms with Gasteiger partial charge in [-0.25, -0.2) is 8.42 Å². The first-order chi connectivity index (χ1) is 15.3. The molecule has 2 aromatic rings. The monoisotopic (exact) mass is 492 g/mol. The number of allylic oxidation sites excluding steroid dienone is 1. The van der Waals surface area contributed by atoms with Crippen LogP contribution in [0.3, 0.4) is 0 Å². The molecule has 1 aliphatic rings. The lowest BCUT2D eigenvalue weighted by atomic mass is 10.0. The Labute approximate surface area is 186 Å². The molecule has 0 atom stereocenters. The van der Waals surface area contributed by atoms with E-state index in [0.717, 1.165) is 21.3 Å². The van der Waals surface area contributed by atoms with Gasteiger partial charge in [-0.15, -0.1) is 0 Å². The van der Waals surface area contributed by atoms with Gasteiger partial charge in [-0.1, -0.05) is 30.3 Å². The number of halogens is 6. The Morgan fingerprint density at radius 3 is 1.85 bits per heavy atom. The van der Waals surface area contributed by atoms with E-state index in [4.69, 9.17) is 0 Å². The van der Waals surface area contributed by atoms with Crippen molar-refractivity contribution in [3.63, 3.8) is 0 Å². The van der Waals surface area contributed by atoms with Crippen LogP contribution >= 0.6 is 0 Å². The third kappa shape index (κ3) is 5.74. The highest BCUT2D eigenvalue weighted by molar-refractivity contribution is 7.89. The maximum atomic E-state index is 13.4. The number of hydrogen-bond donors (Lipinski definition) is 0. The Kier molecular flexibility index (Phi) is 6.89. The molecule has 3 rings (SSSR count). The molecule has 1 saturated heterocycles. The summed E-state index contributed by atoms with van der Waals surface area (Å²) in [6, 6.07) is 9.79.